The van der Waals surface area contributed by atoms with Crippen LogP contribution in [0.25, 0.3) is 0 Å². The predicted molar refractivity (Wildman–Crippen MR) is 118 cm³/mol. The number of thiazole rings is 1. The lowest BCUT2D eigenvalue weighted by Crippen LogP contribution is -2.38. The highest BCUT2D eigenvalue weighted by Gasteiger charge is 2.22. The van der Waals surface area contributed by atoms with Crippen LogP contribution < -0.4 is 4.74 Å². The van der Waals surface area contributed by atoms with Gasteiger partial charge in [-0.3, -0.25) is 4.79 Å². The van der Waals surface area contributed by atoms with Gasteiger partial charge >= 0.3 is 0 Å². The number of carbonyl (C=O) groups excluding carboxylic acids is 1. The minimum absolute atomic E-state index is 0.0498. The minimum atomic E-state index is 0.0498. The van der Waals surface area contributed by atoms with E-state index < -0.39 is 0 Å². The summed E-state index contributed by atoms with van der Waals surface area (Å²) >= 11 is 1.57. The second-order valence-electron chi connectivity index (χ2n) is 7.35. The molecule has 1 aromatic heterocycles. The number of aromatic nitrogens is 1. The number of para-hydroxylation sites is 1. The standard InChI is InChI=1S/C24H28N2O2S/c1-5-19(4)26(24(27)20-11-8-9-17(2)13-20)14-21-16-29-23(25-21)15-28-22-12-7-6-10-18(22)3/h6-13,16,19H,5,14-15H2,1-4H3/t19-/m0/s1. The van der Waals surface area contributed by atoms with Crippen LogP contribution in [0.3, 0.4) is 0 Å². The smallest absolute Gasteiger partial charge is 0.254 e. The highest BCUT2D eigenvalue weighted by molar-refractivity contribution is 7.09. The van der Waals surface area contributed by atoms with Gasteiger partial charge in [-0.15, -0.1) is 11.3 Å². The van der Waals surface area contributed by atoms with Crippen molar-refractivity contribution in [2.24, 2.45) is 0 Å². The predicted octanol–water partition coefficient (Wildman–Crippen LogP) is 5.78. The number of ether oxygens (including phenoxy) is 1. The van der Waals surface area contributed by atoms with Gasteiger partial charge in [-0.05, 0) is 51.0 Å². The number of hydrogen-bond acceptors (Lipinski definition) is 4. The van der Waals surface area contributed by atoms with Gasteiger partial charge in [0.2, 0.25) is 0 Å². The first kappa shape index (κ1) is 21.1. The van der Waals surface area contributed by atoms with E-state index in [0.717, 1.165) is 39.6 Å². The molecule has 1 heterocycles. The van der Waals surface area contributed by atoms with Crippen molar-refractivity contribution >= 4 is 17.2 Å². The minimum Gasteiger partial charge on any atom is -0.486 e. The van der Waals surface area contributed by atoms with Crippen LogP contribution in [0.1, 0.15) is 52.5 Å². The summed E-state index contributed by atoms with van der Waals surface area (Å²) in [5, 5.41) is 2.94. The molecule has 0 spiro atoms. The average molecular weight is 409 g/mol. The van der Waals surface area contributed by atoms with Gasteiger partial charge in [0.25, 0.3) is 5.91 Å². The normalized spacial score (nSPS) is 11.9. The SMILES string of the molecule is CC[C@H](C)N(Cc1csc(COc2ccccc2C)n1)C(=O)c1cccc(C)c1. The number of carbonyl (C=O) groups is 1. The molecule has 3 rings (SSSR count). The van der Waals surface area contributed by atoms with Gasteiger partial charge < -0.3 is 9.64 Å². The first-order valence-electron chi connectivity index (χ1n) is 9.97. The molecule has 0 bridgehead atoms. The van der Waals surface area contributed by atoms with Gasteiger partial charge in [0.1, 0.15) is 17.4 Å². The van der Waals surface area contributed by atoms with E-state index in [2.05, 4.69) is 13.8 Å². The quantitative estimate of drug-likeness (QED) is 0.474. The molecule has 2 aromatic carbocycles. The van der Waals surface area contributed by atoms with Gasteiger partial charge in [0.15, 0.2) is 0 Å². The van der Waals surface area contributed by atoms with Crippen molar-refractivity contribution in [1.82, 2.24) is 9.88 Å². The number of hydrogen-bond donors (Lipinski definition) is 0. The van der Waals surface area contributed by atoms with Crippen molar-refractivity contribution in [3.05, 3.63) is 81.3 Å². The molecule has 1 amide bonds. The maximum absolute atomic E-state index is 13.1. The first-order chi connectivity index (χ1) is 14.0. The Morgan fingerprint density at radius 2 is 1.97 bits per heavy atom. The lowest BCUT2D eigenvalue weighted by Gasteiger charge is -2.28. The molecule has 1 atom stereocenters. The van der Waals surface area contributed by atoms with Crippen LogP contribution in [-0.2, 0) is 13.2 Å². The van der Waals surface area contributed by atoms with Crippen LogP contribution in [-0.4, -0.2) is 21.8 Å². The highest BCUT2D eigenvalue weighted by Crippen LogP contribution is 2.21. The van der Waals surface area contributed by atoms with Crippen LogP contribution in [0.2, 0.25) is 0 Å². The summed E-state index contributed by atoms with van der Waals surface area (Å²) in [6.07, 6.45) is 0.894. The van der Waals surface area contributed by atoms with E-state index in [1.54, 1.807) is 11.3 Å². The Labute approximate surface area is 177 Å². The summed E-state index contributed by atoms with van der Waals surface area (Å²) in [5.74, 6) is 0.925. The van der Waals surface area contributed by atoms with E-state index in [-0.39, 0.29) is 11.9 Å². The lowest BCUT2D eigenvalue weighted by atomic mass is 10.1. The molecule has 0 aliphatic rings. The number of rotatable bonds is 8. The average Bonchev–Trinajstić information content (AvgIpc) is 3.18. The summed E-state index contributed by atoms with van der Waals surface area (Å²) in [5.41, 5.74) is 3.82. The van der Waals surface area contributed by atoms with Crippen LogP contribution >= 0.6 is 11.3 Å². The Bertz CT molecular complexity index is 967. The van der Waals surface area contributed by atoms with E-state index in [1.165, 1.54) is 0 Å². The van der Waals surface area contributed by atoms with E-state index in [4.69, 9.17) is 9.72 Å². The van der Waals surface area contributed by atoms with Gasteiger partial charge in [-0.25, -0.2) is 4.98 Å². The molecule has 0 unspecified atom stereocenters. The van der Waals surface area contributed by atoms with Crippen molar-refractivity contribution in [1.29, 1.82) is 0 Å². The van der Waals surface area contributed by atoms with Crippen molar-refractivity contribution in [2.75, 3.05) is 0 Å². The Morgan fingerprint density at radius 1 is 1.17 bits per heavy atom. The van der Waals surface area contributed by atoms with E-state index >= 15 is 0 Å². The summed E-state index contributed by atoms with van der Waals surface area (Å²) in [4.78, 5) is 19.8. The Morgan fingerprint density at radius 3 is 2.69 bits per heavy atom. The molecule has 29 heavy (non-hydrogen) atoms. The molecule has 3 aromatic rings. The van der Waals surface area contributed by atoms with Crippen LogP contribution in [0.5, 0.6) is 5.75 Å². The molecule has 4 nitrogen and oxygen atoms in total. The number of nitrogens with zero attached hydrogens (tertiary/aromatic N) is 2. The van der Waals surface area contributed by atoms with Crippen molar-refractivity contribution in [2.45, 2.75) is 53.3 Å². The zero-order chi connectivity index (χ0) is 20.8. The van der Waals surface area contributed by atoms with Crippen molar-refractivity contribution < 1.29 is 9.53 Å². The van der Waals surface area contributed by atoms with E-state index in [1.807, 2.05) is 72.7 Å². The van der Waals surface area contributed by atoms with Crippen molar-refractivity contribution in [3.63, 3.8) is 0 Å². The molecular weight excluding hydrogens is 380 g/mol. The second-order valence-corrected chi connectivity index (χ2v) is 8.29. The molecule has 0 aliphatic heterocycles. The topological polar surface area (TPSA) is 42.4 Å². The second kappa shape index (κ2) is 9.70. The molecule has 0 aliphatic carbocycles. The fourth-order valence-corrected chi connectivity index (χ4v) is 3.81. The van der Waals surface area contributed by atoms with Crippen LogP contribution in [0.15, 0.2) is 53.9 Å². The van der Waals surface area contributed by atoms with Crippen LogP contribution in [0, 0.1) is 13.8 Å². The van der Waals surface area contributed by atoms with E-state index in [9.17, 15) is 4.79 Å². The third kappa shape index (κ3) is 5.45. The Hall–Kier alpha value is -2.66. The fraction of sp³-hybridized carbons (Fsp3) is 0.333. The summed E-state index contributed by atoms with van der Waals surface area (Å²) in [7, 11) is 0. The molecule has 0 radical (unpaired) electrons. The maximum Gasteiger partial charge on any atom is 0.254 e. The summed E-state index contributed by atoms with van der Waals surface area (Å²) < 4.78 is 5.91. The van der Waals surface area contributed by atoms with Gasteiger partial charge in [0.05, 0.1) is 12.2 Å². The third-order valence-corrected chi connectivity index (χ3v) is 5.90. The molecular formula is C24H28N2O2S. The van der Waals surface area contributed by atoms with Crippen molar-refractivity contribution in [3.8, 4) is 5.75 Å². The largest absolute Gasteiger partial charge is 0.486 e. The fourth-order valence-electron chi connectivity index (χ4n) is 3.11. The molecule has 5 heteroatoms. The maximum atomic E-state index is 13.1. The monoisotopic (exact) mass is 408 g/mol. The third-order valence-electron chi connectivity index (χ3n) is 5.03. The van der Waals surface area contributed by atoms with Gasteiger partial charge in [-0.2, -0.15) is 0 Å². The molecule has 0 fully saturated rings. The zero-order valence-electron chi connectivity index (χ0n) is 17.5. The van der Waals surface area contributed by atoms with E-state index in [0.29, 0.717) is 13.2 Å². The first-order valence-corrected chi connectivity index (χ1v) is 10.8. The number of benzene rings is 2. The zero-order valence-corrected chi connectivity index (χ0v) is 18.3. The lowest BCUT2D eigenvalue weighted by molar-refractivity contribution is 0.0669. The number of amides is 1. The summed E-state index contributed by atoms with van der Waals surface area (Å²) in [6, 6.07) is 15.9. The van der Waals surface area contributed by atoms with Gasteiger partial charge in [-0.1, -0.05) is 42.8 Å². The molecule has 0 N–H and O–H groups in total. The van der Waals surface area contributed by atoms with Gasteiger partial charge in [0, 0.05) is 17.0 Å². The van der Waals surface area contributed by atoms with Crippen LogP contribution in [0.4, 0.5) is 0 Å². The molecule has 0 saturated carbocycles. The highest BCUT2D eigenvalue weighted by atomic mass is 32.1. The number of aryl methyl sites for hydroxylation is 2. The molecule has 152 valence electrons. The Kier molecular flexibility index (Phi) is 7.04. The Balaban J connectivity index is 1.70. The summed E-state index contributed by atoms with van der Waals surface area (Å²) in [6.45, 7) is 9.16. The molecule has 0 saturated heterocycles.